The number of amides is 1. The van der Waals surface area contributed by atoms with Crippen molar-refractivity contribution in [2.75, 3.05) is 5.32 Å². The van der Waals surface area contributed by atoms with E-state index in [0.29, 0.717) is 12.3 Å². The standard InChI is InChI=1S/C17H23N3OS/c18-10-9-12-7-4-8-14(12)16(21)20-17-19-11-15(22-17)13-5-2-1-3-6-13/h11-14H,1-9H2,(H,19,20,21)/t12-,14+/m0/s1. The Balaban J connectivity index is 1.60. The van der Waals surface area contributed by atoms with Gasteiger partial charge in [-0.1, -0.05) is 25.7 Å². The number of aromatic nitrogens is 1. The molecule has 2 aliphatic rings. The van der Waals surface area contributed by atoms with Gasteiger partial charge in [-0.05, 0) is 37.5 Å². The number of thiazole rings is 1. The van der Waals surface area contributed by atoms with Gasteiger partial charge in [0.2, 0.25) is 5.91 Å². The number of rotatable bonds is 4. The number of hydrogen-bond acceptors (Lipinski definition) is 4. The summed E-state index contributed by atoms with van der Waals surface area (Å²) in [5, 5.41) is 12.6. The molecule has 0 spiro atoms. The molecule has 118 valence electrons. The van der Waals surface area contributed by atoms with E-state index in [2.05, 4.69) is 16.4 Å². The van der Waals surface area contributed by atoms with Gasteiger partial charge in [0, 0.05) is 23.4 Å². The normalized spacial score (nSPS) is 25.8. The minimum Gasteiger partial charge on any atom is -0.302 e. The molecule has 2 fully saturated rings. The molecule has 2 aliphatic carbocycles. The fourth-order valence-electron chi connectivity index (χ4n) is 3.86. The lowest BCUT2D eigenvalue weighted by molar-refractivity contribution is -0.120. The van der Waals surface area contributed by atoms with Crippen LogP contribution >= 0.6 is 11.3 Å². The monoisotopic (exact) mass is 317 g/mol. The maximum Gasteiger partial charge on any atom is 0.229 e. The number of carbonyl (C=O) groups excluding carboxylic acids is 1. The van der Waals surface area contributed by atoms with Crippen LogP contribution in [0.25, 0.3) is 0 Å². The third-order valence-electron chi connectivity index (χ3n) is 5.11. The first-order chi connectivity index (χ1) is 10.8. The van der Waals surface area contributed by atoms with E-state index in [1.54, 1.807) is 11.3 Å². The summed E-state index contributed by atoms with van der Waals surface area (Å²) < 4.78 is 0. The van der Waals surface area contributed by atoms with Crippen LogP contribution in [-0.4, -0.2) is 10.9 Å². The van der Waals surface area contributed by atoms with E-state index in [0.717, 1.165) is 24.4 Å². The summed E-state index contributed by atoms with van der Waals surface area (Å²) in [7, 11) is 0. The zero-order chi connectivity index (χ0) is 15.4. The summed E-state index contributed by atoms with van der Waals surface area (Å²) >= 11 is 1.63. The lowest BCUT2D eigenvalue weighted by Gasteiger charge is -2.19. The second kappa shape index (κ2) is 7.23. The molecule has 22 heavy (non-hydrogen) atoms. The molecule has 0 bridgehead atoms. The molecule has 4 nitrogen and oxygen atoms in total. The quantitative estimate of drug-likeness (QED) is 0.891. The lowest BCUT2D eigenvalue weighted by Crippen LogP contribution is -2.25. The van der Waals surface area contributed by atoms with Gasteiger partial charge < -0.3 is 5.32 Å². The van der Waals surface area contributed by atoms with Crippen molar-refractivity contribution in [3.8, 4) is 6.07 Å². The maximum absolute atomic E-state index is 12.4. The second-order valence-electron chi connectivity index (χ2n) is 6.55. The number of hydrogen-bond donors (Lipinski definition) is 1. The van der Waals surface area contributed by atoms with Crippen LogP contribution in [0.4, 0.5) is 5.13 Å². The van der Waals surface area contributed by atoms with Crippen molar-refractivity contribution in [3.05, 3.63) is 11.1 Å². The highest BCUT2D eigenvalue weighted by atomic mass is 32.1. The Bertz CT molecular complexity index is 556. The highest BCUT2D eigenvalue weighted by molar-refractivity contribution is 7.15. The van der Waals surface area contributed by atoms with Gasteiger partial charge in [-0.25, -0.2) is 4.98 Å². The average molecular weight is 317 g/mol. The zero-order valence-electron chi connectivity index (χ0n) is 12.9. The van der Waals surface area contributed by atoms with Gasteiger partial charge in [-0.15, -0.1) is 11.3 Å². The number of nitriles is 1. The molecule has 0 saturated heterocycles. The zero-order valence-corrected chi connectivity index (χ0v) is 13.7. The van der Waals surface area contributed by atoms with E-state index >= 15 is 0 Å². The summed E-state index contributed by atoms with van der Waals surface area (Å²) in [5.74, 6) is 0.904. The van der Waals surface area contributed by atoms with Crippen molar-refractivity contribution in [2.45, 2.75) is 63.7 Å². The number of anilines is 1. The molecular weight excluding hydrogens is 294 g/mol. The molecular formula is C17H23N3OS. The summed E-state index contributed by atoms with van der Waals surface area (Å²) in [6, 6.07) is 2.21. The first-order valence-electron chi connectivity index (χ1n) is 8.41. The molecule has 5 heteroatoms. The first kappa shape index (κ1) is 15.5. The molecule has 3 rings (SSSR count). The minimum absolute atomic E-state index is 0.0123. The highest BCUT2D eigenvalue weighted by Gasteiger charge is 2.33. The summed E-state index contributed by atoms with van der Waals surface area (Å²) in [6.45, 7) is 0. The van der Waals surface area contributed by atoms with Crippen molar-refractivity contribution in [2.24, 2.45) is 11.8 Å². The van der Waals surface area contributed by atoms with E-state index in [1.807, 2.05) is 6.20 Å². The highest BCUT2D eigenvalue weighted by Crippen LogP contribution is 2.38. The molecule has 2 saturated carbocycles. The smallest absolute Gasteiger partial charge is 0.229 e. The van der Waals surface area contributed by atoms with Crippen LogP contribution in [-0.2, 0) is 4.79 Å². The Morgan fingerprint density at radius 3 is 2.86 bits per heavy atom. The maximum atomic E-state index is 12.4. The minimum atomic E-state index is -0.0123. The van der Waals surface area contributed by atoms with Crippen LogP contribution < -0.4 is 5.32 Å². The summed E-state index contributed by atoms with van der Waals surface area (Å²) in [6.07, 6.45) is 11.8. The van der Waals surface area contributed by atoms with Crippen LogP contribution in [0.2, 0.25) is 0 Å². The second-order valence-corrected chi connectivity index (χ2v) is 7.61. The molecule has 0 aliphatic heterocycles. The van der Waals surface area contributed by atoms with E-state index in [4.69, 9.17) is 5.26 Å². The number of nitrogens with one attached hydrogen (secondary N) is 1. The van der Waals surface area contributed by atoms with Gasteiger partial charge in [0.25, 0.3) is 0 Å². The van der Waals surface area contributed by atoms with Crippen molar-refractivity contribution in [1.82, 2.24) is 4.98 Å². The van der Waals surface area contributed by atoms with Gasteiger partial charge in [0.15, 0.2) is 5.13 Å². The van der Waals surface area contributed by atoms with Gasteiger partial charge in [-0.2, -0.15) is 5.26 Å². The summed E-state index contributed by atoms with van der Waals surface area (Å²) in [5.41, 5.74) is 0. The third-order valence-corrected chi connectivity index (χ3v) is 6.19. The van der Waals surface area contributed by atoms with Gasteiger partial charge in [0.1, 0.15) is 0 Å². The molecule has 0 radical (unpaired) electrons. The van der Waals surface area contributed by atoms with Crippen LogP contribution in [0.15, 0.2) is 6.20 Å². The fraction of sp³-hybridized carbons (Fsp3) is 0.706. The van der Waals surface area contributed by atoms with Crippen molar-refractivity contribution in [3.63, 3.8) is 0 Å². The van der Waals surface area contributed by atoms with Gasteiger partial charge in [-0.3, -0.25) is 4.79 Å². The van der Waals surface area contributed by atoms with E-state index in [9.17, 15) is 4.79 Å². The van der Waals surface area contributed by atoms with Crippen molar-refractivity contribution < 1.29 is 4.79 Å². The predicted molar refractivity (Wildman–Crippen MR) is 87.6 cm³/mol. The first-order valence-corrected chi connectivity index (χ1v) is 9.23. The Morgan fingerprint density at radius 1 is 1.27 bits per heavy atom. The molecule has 1 amide bonds. The average Bonchev–Trinajstić information content (AvgIpc) is 3.18. The SMILES string of the molecule is N#CC[C@@H]1CCC[C@H]1C(=O)Nc1ncc(C2CCCCC2)s1. The molecule has 1 heterocycles. The van der Waals surface area contributed by atoms with Crippen LogP contribution in [0.3, 0.4) is 0 Å². The molecule has 1 aromatic rings. The fourth-order valence-corrected chi connectivity index (χ4v) is 4.85. The van der Waals surface area contributed by atoms with Gasteiger partial charge >= 0.3 is 0 Å². The molecule has 0 unspecified atom stereocenters. The Hall–Kier alpha value is -1.41. The van der Waals surface area contributed by atoms with Crippen LogP contribution in [0.5, 0.6) is 0 Å². The lowest BCUT2D eigenvalue weighted by atomic mass is 9.89. The largest absolute Gasteiger partial charge is 0.302 e. The van der Waals surface area contributed by atoms with Gasteiger partial charge in [0.05, 0.1) is 6.07 Å². The number of nitrogens with zero attached hydrogens (tertiary/aromatic N) is 2. The van der Waals surface area contributed by atoms with Crippen molar-refractivity contribution >= 4 is 22.4 Å². The molecule has 0 aromatic carbocycles. The molecule has 2 atom stereocenters. The van der Waals surface area contributed by atoms with E-state index in [-0.39, 0.29) is 17.7 Å². The molecule has 1 aromatic heterocycles. The van der Waals surface area contributed by atoms with Crippen LogP contribution in [0.1, 0.15) is 68.6 Å². The molecule has 1 N–H and O–H groups in total. The predicted octanol–water partition coefficient (Wildman–Crippen LogP) is 4.46. The third kappa shape index (κ3) is 3.49. The Labute approximate surface area is 135 Å². The van der Waals surface area contributed by atoms with E-state index in [1.165, 1.54) is 37.0 Å². The summed E-state index contributed by atoms with van der Waals surface area (Å²) in [4.78, 5) is 18.1. The Morgan fingerprint density at radius 2 is 2.09 bits per heavy atom. The van der Waals surface area contributed by atoms with Crippen LogP contribution in [0, 0.1) is 23.2 Å². The van der Waals surface area contributed by atoms with E-state index < -0.39 is 0 Å². The van der Waals surface area contributed by atoms with Crippen molar-refractivity contribution in [1.29, 1.82) is 5.26 Å². The number of carbonyl (C=O) groups is 1. The Kier molecular flexibility index (Phi) is 5.09. The topological polar surface area (TPSA) is 65.8 Å².